The van der Waals surface area contributed by atoms with Crippen molar-refractivity contribution in [2.75, 3.05) is 11.9 Å². The summed E-state index contributed by atoms with van der Waals surface area (Å²) in [5.41, 5.74) is 3.59. The summed E-state index contributed by atoms with van der Waals surface area (Å²) in [5, 5.41) is 3.50. The van der Waals surface area contributed by atoms with E-state index in [0.717, 1.165) is 16.8 Å². The third-order valence-corrected chi connectivity index (χ3v) is 5.00. The zero-order chi connectivity index (χ0) is 21.8. The number of hydrogen-bond donors (Lipinski definition) is 1. The van der Waals surface area contributed by atoms with Gasteiger partial charge in [-0.1, -0.05) is 41.4 Å². The molecule has 1 heterocycles. The summed E-state index contributed by atoms with van der Waals surface area (Å²) in [6.45, 7) is 7.19. The molecule has 0 spiro atoms. The summed E-state index contributed by atoms with van der Waals surface area (Å²) in [6.07, 6.45) is 1.87. The van der Waals surface area contributed by atoms with Crippen molar-refractivity contribution < 1.29 is 9.59 Å². The minimum absolute atomic E-state index is 0.0377. The van der Waals surface area contributed by atoms with Gasteiger partial charge in [-0.25, -0.2) is 4.98 Å². The summed E-state index contributed by atoms with van der Waals surface area (Å²) in [5.74, 6) is -0.0644. The van der Waals surface area contributed by atoms with Gasteiger partial charge in [0.15, 0.2) is 0 Å². The molecule has 7 heteroatoms. The highest BCUT2D eigenvalue weighted by Crippen LogP contribution is 2.25. The number of carbonyl (C=O) groups is 2. The smallest absolute Gasteiger partial charge is 0.246 e. The van der Waals surface area contributed by atoms with Crippen LogP contribution in [0.2, 0.25) is 5.02 Å². The van der Waals surface area contributed by atoms with Crippen LogP contribution in [0.15, 0.2) is 54.7 Å². The molecule has 1 aromatic heterocycles. The molecule has 6 nitrogen and oxygen atoms in total. The summed E-state index contributed by atoms with van der Waals surface area (Å²) >= 11 is 6.00. The van der Waals surface area contributed by atoms with Gasteiger partial charge in [0.25, 0.3) is 0 Å². The van der Waals surface area contributed by atoms with Gasteiger partial charge in [0.2, 0.25) is 17.8 Å². The number of aromatic nitrogens is 2. The Balaban J connectivity index is 1.95. The lowest BCUT2D eigenvalue weighted by molar-refractivity contribution is -0.134. The van der Waals surface area contributed by atoms with Crippen LogP contribution in [0.4, 0.5) is 5.95 Å². The third kappa shape index (κ3) is 5.07. The molecule has 0 bridgehead atoms. The molecule has 0 atom stereocenters. The average Bonchev–Trinajstić information content (AvgIpc) is 3.10. The van der Waals surface area contributed by atoms with Gasteiger partial charge in [-0.15, -0.1) is 0 Å². The Morgan fingerprint density at radius 2 is 1.73 bits per heavy atom. The highest BCUT2D eigenvalue weighted by atomic mass is 35.5. The fourth-order valence-corrected chi connectivity index (χ4v) is 3.23. The normalized spacial score (nSPS) is 10.9. The topological polar surface area (TPSA) is 67.2 Å². The van der Waals surface area contributed by atoms with E-state index in [4.69, 9.17) is 11.6 Å². The van der Waals surface area contributed by atoms with Gasteiger partial charge in [-0.05, 0) is 45.0 Å². The zero-order valence-corrected chi connectivity index (χ0v) is 18.3. The van der Waals surface area contributed by atoms with E-state index < -0.39 is 0 Å². The molecule has 156 valence electrons. The van der Waals surface area contributed by atoms with E-state index in [1.807, 2.05) is 67.9 Å². The lowest BCUT2D eigenvalue weighted by Crippen LogP contribution is -2.41. The van der Waals surface area contributed by atoms with E-state index >= 15 is 0 Å². The van der Waals surface area contributed by atoms with Crippen molar-refractivity contribution in [3.05, 3.63) is 65.3 Å². The largest absolute Gasteiger partial charge is 0.331 e. The van der Waals surface area contributed by atoms with Crippen molar-refractivity contribution in [1.82, 2.24) is 14.5 Å². The van der Waals surface area contributed by atoms with E-state index in [0.29, 0.717) is 16.7 Å². The molecular weight excluding hydrogens is 400 g/mol. The van der Waals surface area contributed by atoms with Crippen LogP contribution in [0.3, 0.4) is 0 Å². The zero-order valence-electron chi connectivity index (χ0n) is 17.5. The van der Waals surface area contributed by atoms with Crippen molar-refractivity contribution in [1.29, 1.82) is 0 Å². The Hall–Kier alpha value is -3.12. The molecule has 0 fully saturated rings. The van der Waals surface area contributed by atoms with Crippen molar-refractivity contribution in [2.45, 2.75) is 33.7 Å². The number of hydrogen-bond acceptors (Lipinski definition) is 3. The Kier molecular flexibility index (Phi) is 6.57. The summed E-state index contributed by atoms with van der Waals surface area (Å²) in [7, 11) is 0. The summed E-state index contributed by atoms with van der Waals surface area (Å²) < 4.78 is 1.83. The van der Waals surface area contributed by atoms with E-state index in [1.165, 1.54) is 11.8 Å². The van der Waals surface area contributed by atoms with Gasteiger partial charge in [-0.2, -0.15) is 0 Å². The van der Waals surface area contributed by atoms with Crippen LogP contribution in [0.5, 0.6) is 0 Å². The van der Waals surface area contributed by atoms with Gasteiger partial charge in [-0.3, -0.25) is 19.5 Å². The molecule has 3 aromatic rings. The standard InChI is InChI=1S/C23H25ClN4O2/c1-15(2)27(17(4)29)14-22(30)26-23-25-21(18-7-9-19(24)10-8-18)13-28(23)20-11-5-16(3)6-12-20/h5-13,15H,14H2,1-4H3,(H,25,26,30). The highest BCUT2D eigenvalue weighted by molar-refractivity contribution is 6.30. The number of carbonyl (C=O) groups excluding carboxylic acids is 2. The van der Waals surface area contributed by atoms with Gasteiger partial charge < -0.3 is 4.90 Å². The number of amides is 2. The van der Waals surface area contributed by atoms with Crippen molar-refractivity contribution >= 4 is 29.4 Å². The lowest BCUT2D eigenvalue weighted by Gasteiger charge is -2.24. The van der Waals surface area contributed by atoms with Gasteiger partial charge in [0.05, 0.1) is 5.69 Å². The van der Waals surface area contributed by atoms with E-state index in [2.05, 4.69) is 10.3 Å². The number of imidazole rings is 1. The molecule has 2 aromatic carbocycles. The first-order valence-electron chi connectivity index (χ1n) is 9.74. The molecule has 0 radical (unpaired) electrons. The van der Waals surface area contributed by atoms with Crippen LogP contribution in [-0.2, 0) is 9.59 Å². The number of anilines is 1. The van der Waals surface area contributed by atoms with Crippen LogP contribution in [0.1, 0.15) is 26.3 Å². The highest BCUT2D eigenvalue weighted by Gasteiger charge is 2.19. The maximum atomic E-state index is 12.7. The molecular formula is C23H25ClN4O2. The van der Waals surface area contributed by atoms with Gasteiger partial charge >= 0.3 is 0 Å². The minimum atomic E-state index is -0.305. The Morgan fingerprint density at radius 3 is 2.30 bits per heavy atom. The average molecular weight is 425 g/mol. The number of halogens is 1. The molecule has 0 aliphatic rings. The van der Waals surface area contributed by atoms with Crippen molar-refractivity contribution in [3.63, 3.8) is 0 Å². The fourth-order valence-electron chi connectivity index (χ4n) is 3.11. The van der Waals surface area contributed by atoms with E-state index in [9.17, 15) is 9.59 Å². The molecule has 3 rings (SSSR count). The molecule has 2 amide bonds. The molecule has 30 heavy (non-hydrogen) atoms. The second-order valence-electron chi connectivity index (χ2n) is 7.45. The number of benzene rings is 2. The minimum Gasteiger partial charge on any atom is -0.331 e. The monoisotopic (exact) mass is 424 g/mol. The first-order valence-corrected chi connectivity index (χ1v) is 10.1. The van der Waals surface area contributed by atoms with E-state index in [1.54, 1.807) is 12.1 Å². The number of nitrogens with zero attached hydrogens (tertiary/aromatic N) is 3. The second kappa shape index (κ2) is 9.13. The Bertz CT molecular complexity index is 1040. The molecule has 0 saturated heterocycles. The Morgan fingerprint density at radius 1 is 1.10 bits per heavy atom. The van der Waals surface area contributed by atoms with Crippen molar-refractivity contribution in [3.8, 4) is 16.9 Å². The summed E-state index contributed by atoms with van der Waals surface area (Å²) in [6, 6.07) is 15.2. The van der Waals surface area contributed by atoms with Crippen LogP contribution in [0, 0.1) is 6.92 Å². The molecule has 0 aliphatic carbocycles. The van der Waals surface area contributed by atoms with Crippen LogP contribution >= 0.6 is 11.6 Å². The Labute approximate surface area is 181 Å². The molecule has 0 unspecified atom stereocenters. The number of rotatable bonds is 6. The van der Waals surface area contributed by atoms with Gasteiger partial charge in [0, 0.05) is 35.4 Å². The quantitative estimate of drug-likeness (QED) is 0.623. The number of aryl methyl sites for hydroxylation is 1. The first kappa shape index (κ1) is 21.6. The van der Waals surface area contributed by atoms with Crippen LogP contribution in [0.25, 0.3) is 16.9 Å². The van der Waals surface area contributed by atoms with Crippen molar-refractivity contribution in [2.24, 2.45) is 0 Å². The van der Waals surface area contributed by atoms with E-state index in [-0.39, 0.29) is 24.4 Å². The third-order valence-electron chi connectivity index (χ3n) is 4.75. The fraction of sp³-hybridized carbons (Fsp3) is 0.261. The summed E-state index contributed by atoms with van der Waals surface area (Å²) in [4.78, 5) is 30.6. The van der Waals surface area contributed by atoms with Gasteiger partial charge in [0.1, 0.15) is 6.54 Å². The second-order valence-corrected chi connectivity index (χ2v) is 7.89. The number of nitrogens with one attached hydrogen (secondary N) is 1. The van der Waals surface area contributed by atoms with Crippen LogP contribution < -0.4 is 5.32 Å². The predicted octanol–water partition coefficient (Wildman–Crippen LogP) is 4.70. The maximum Gasteiger partial charge on any atom is 0.246 e. The lowest BCUT2D eigenvalue weighted by atomic mass is 10.2. The predicted molar refractivity (Wildman–Crippen MR) is 120 cm³/mol. The first-order chi connectivity index (χ1) is 14.2. The SMILES string of the molecule is CC(=O)N(CC(=O)Nc1nc(-c2ccc(Cl)cc2)cn1-c1ccc(C)cc1)C(C)C. The molecule has 0 saturated carbocycles. The molecule has 1 N–H and O–H groups in total. The maximum absolute atomic E-state index is 12.7. The molecule has 0 aliphatic heterocycles. The van der Waals surface area contributed by atoms with Crippen LogP contribution in [-0.4, -0.2) is 38.9 Å².